The molecule has 2 N–H and O–H groups in total. The van der Waals surface area contributed by atoms with Gasteiger partial charge < -0.3 is 5.73 Å². The van der Waals surface area contributed by atoms with E-state index in [1.807, 2.05) is 19.1 Å². The Hall–Kier alpha value is -1.95. The van der Waals surface area contributed by atoms with E-state index in [0.29, 0.717) is 16.9 Å². The van der Waals surface area contributed by atoms with Crippen molar-refractivity contribution in [2.75, 3.05) is 5.73 Å². The molecule has 0 aliphatic carbocycles. The van der Waals surface area contributed by atoms with Crippen molar-refractivity contribution in [2.45, 2.75) is 6.92 Å². The number of hydrogen-bond acceptors (Lipinski definition) is 3. The van der Waals surface area contributed by atoms with Crippen LogP contribution in [0.1, 0.15) is 5.69 Å². The molecule has 0 radical (unpaired) electrons. The molecule has 0 amide bonds. The van der Waals surface area contributed by atoms with Crippen molar-refractivity contribution in [1.29, 1.82) is 0 Å². The number of fused-ring (bicyclic) bond motifs is 1. The van der Waals surface area contributed by atoms with Gasteiger partial charge in [-0.05, 0) is 37.3 Å². The number of benzene rings is 1. The van der Waals surface area contributed by atoms with E-state index in [0.717, 1.165) is 10.2 Å². The number of rotatable bonds is 1. The molecule has 2 aromatic heterocycles. The predicted molar refractivity (Wildman–Crippen MR) is 75.7 cm³/mol. The van der Waals surface area contributed by atoms with Gasteiger partial charge in [0.25, 0.3) is 0 Å². The first-order valence-electron chi connectivity index (χ1n) is 5.63. The lowest BCUT2D eigenvalue weighted by Crippen LogP contribution is -2.04. The monoisotopic (exact) mass is 320 g/mol. The minimum absolute atomic E-state index is 0.213. The largest absolute Gasteiger partial charge is 0.369 e. The van der Waals surface area contributed by atoms with E-state index in [4.69, 9.17) is 5.73 Å². The third-order valence-corrected chi connectivity index (χ3v) is 3.31. The SMILES string of the molecule is Cc1ccc2nc(N)n(-c3cc(Br)ccc3F)c2n1. The number of imidazole rings is 1. The summed E-state index contributed by atoms with van der Waals surface area (Å²) in [5, 5.41) is 0. The second-order valence-electron chi connectivity index (χ2n) is 4.20. The van der Waals surface area contributed by atoms with Crippen molar-refractivity contribution >= 4 is 33.0 Å². The molecule has 0 bridgehead atoms. The topological polar surface area (TPSA) is 56.7 Å². The van der Waals surface area contributed by atoms with E-state index in [9.17, 15) is 4.39 Å². The van der Waals surface area contributed by atoms with Crippen molar-refractivity contribution in [3.8, 4) is 5.69 Å². The van der Waals surface area contributed by atoms with Crippen LogP contribution in [0.25, 0.3) is 16.9 Å². The van der Waals surface area contributed by atoms with Crippen LogP contribution in [0.2, 0.25) is 0 Å². The number of nitrogen functional groups attached to an aromatic ring is 1. The van der Waals surface area contributed by atoms with Crippen molar-refractivity contribution in [1.82, 2.24) is 14.5 Å². The summed E-state index contributed by atoms with van der Waals surface area (Å²) in [7, 11) is 0. The highest BCUT2D eigenvalue weighted by Crippen LogP contribution is 2.26. The van der Waals surface area contributed by atoms with Crippen LogP contribution >= 0.6 is 15.9 Å². The van der Waals surface area contributed by atoms with Crippen LogP contribution in [0, 0.1) is 12.7 Å². The van der Waals surface area contributed by atoms with Gasteiger partial charge in [-0.15, -0.1) is 0 Å². The molecular weight excluding hydrogens is 311 g/mol. The zero-order valence-electron chi connectivity index (χ0n) is 10.1. The fourth-order valence-electron chi connectivity index (χ4n) is 1.96. The van der Waals surface area contributed by atoms with Crippen LogP contribution in [0.15, 0.2) is 34.8 Å². The standard InChI is InChI=1S/C13H10BrFN4/c1-7-2-5-10-12(17-7)19(13(16)18-10)11-6-8(14)3-4-9(11)15/h2-6H,1H3,(H2,16,18). The van der Waals surface area contributed by atoms with E-state index in [-0.39, 0.29) is 11.8 Å². The molecule has 0 aliphatic heterocycles. The Morgan fingerprint density at radius 1 is 1.21 bits per heavy atom. The number of nitrogens with two attached hydrogens (primary N) is 1. The van der Waals surface area contributed by atoms with E-state index in [2.05, 4.69) is 25.9 Å². The zero-order valence-corrected chi connectivity index (χ0v) is 11.6. The summed E-state index contributed by atoms with van der Waals surface area (Å²) in [5.41, 5.74) is 8.23. The number of halogens is 2. The summed E-state index contributed by atoms with van der Waals surface area (Å²) in [5.74, 6) is -0.164. The van der Waals surface area contributed by atoms with Gasteiger partial charge in [0.15, 0.2) is 5.65 Å². The number of hydrogen-bond donors (Lipinski definition) is 1. The number of nitrogens with zero attached hydrogens (tertiary/aromatic N) is 3. The molecule has 3 rings (SSSR count). The second-order valence-corrected chi connectivity index (χ2v) is 5.11. The molecule has 3 aromatic rings. The average molecular weight is 321 g/mol. The molecule has 0 fully saturated rings. The molecule has 4 nitrogen and oxygen atoms in total. The lowest BCUT2D eigenvalue weighted by atomic mass is 10.3. The van der Waals surface area contributed by atoms with Gasteiger partial charge in [-0.25, -0.2) is 14.4 Å². The molecule has 0 saturated heterocycles. The molecule has 0 saturated carbocycles. The minimum atomic E-state index is -0.377. The summed E-state index contributed by atoms with van der Waals surface area (Å²) in [6, 6.07) is 8.32. The molecule has 2 heterocycles. The first-order valence-corrected chi connectivity index (χ1v) is 6.42. The molecule has 1 aromatic carbocycles. The van der Waals surface area contributed by atoms with Crippen LogP contribution in [-0.2, 0) is 0 Å². The van der Waals surface area contributed by atoms with Crippen LogP contribution in [0.4, 0.5) is 10.3 Å². The molecule has 0 atom stereocenters. The van der Waals surface area contributed by atoms with Crippen LogP contribution in [0.3, 0.4) is 0 Å². The summed E-state index contributed by atoms with van der Waals surface area (Å²) >= 11 is 3.32. The van der Waals surface area contributed by atoms with Gasteiger partial charge in [0.2, 0.25) is 5.95 Å². The van der Waals surface area contributed by atoms with Gasteiger partial charge in [0.1, 0.15) is 11.3 Å². The highest BCUT2D eigenvalue weighted by Gasteiger charge is 2.15. The van der Waals surface area contributed by atoms with E-state index in [1.165, 1.54) is 10.6 Å². The maximum Gasteiger partial charge on any atom is 0.207 e. The van der Waals surface area contributed by atoms with E-state index in [1.54, 1.807) is 12.1 Å². The summed E-state index contributed by atoms with van der Waals surface area (Å²) in [6.07, 6.45) is 0. The van der Waals surface area contributed by atoms with E-state index >= 15 is 0 Å². The fourth-order valence-corrected chi connectivity index (χ4v) is 2.31. The molecule has 0 unspecified atom stereocenters. The van der Waals surface area contributed by atoms with Gasteiger partial charge in [0.05, 0.1) is 5.69 Å². The lowest BCUT2D eigenvalue weighted by molar-refractivity contribution is 0.619. The zero-order chi connectivity index (χ0) is 13.6. The van der Waals surface area contributed by atoms with Gasteiger partial charge in [-0.2, -0.15) is 0 Å². The van der Waals surface area contributed by atoms with E-state index < -0.39 is 0 Å². The normalized spacial score (nSPS) is 11.1. The van der Waals surface area contributed by atoms with Crippen LogP contribution in [-0.4, -0.2) is 14.5 Å². The molecule has 96 valence electrons. The Labute approximate surface area is 117 Å². The number of pyridine rings is 1. The first-order chi connectivity index (χ1) is 9.06. The molecular formula is C13H10BrFN4. The van der Waals surface area contributed by atoms with Crippen molar-refractivity contribution in [3.05, 3.63) is 46.3 Å². The first kappa shape index (κ1) is 12.1. The van der Waals surface area contributed by atoms with Crippen molar-refractivity contribution in [2.24, 2.45) is 0 Å². The Morgan fingerprint density at radius 3 is 2.79 bits per heavy atom. The highest BCUT2D eigenvalue weighted by atomic mass is 79.9. The smallest absolute Gasteiger partial charge is 0.207 e. The van der Waals surface area contributed by atoms with Crippen molar-refractivity contribution in [3.63, 3.8) is 0 Å². The Bertz CT molecular complexity index is 782. The molecule has 0 aliphatic rings. The van der Waals surface area contributed by atoms with Gasteiger partial charge in [0, 0.05) is 10.2 Å². The van der Waals surface area contributed by atoms with Crippen LogP contribution in [0.5, 0.6) is 0 Å². The number of aromatic nitrogens is 3. The van der Waals surface area contributed by atoms with Crippen LogP contribution < -0.4 is 5.73 Å². The highest BCUT2D eigenvalue weighted by molar-refractivity contribution is 9.10. The molecule has 6 heteroatoms. The van der Waals surface area contributed by atoms with Gasteiger partial charge in [-0.1, -0.05) is 15.9 Å². The minimum Gasteiger partial charge on any atom is -0.369 e. The van der Waals surface area contributed by atoms with Gasteiger partial charge >= 0.3 is 0 Å². The molecule has 0 spiro atoms. The summed E-state index contributed by atoms with van der Waals surface area (Å²) in [6.45, 7) is 1.87. The van der Waals surface area contributed by atoms with Crippen molar-refractivity contribution < 1.29 is 4.39 Å². The maximum absolute atomic E-state index is 14.0. The fraction of sp³-hybridized carbons (Fsp3) is 0.0769. The Kier molecular flexibility index (Phi) is 2.74. The lowest BCUT2D eigenvalue weighted by Gasteiger charge is -2.08. The van der Waals surface area contributed by atoms with Gasteiger partial charge in [-0.3, -0.25) is 4.57 Å². The number of aryl methyl sites for hydroxylation is 1. The Morgan fingerprint density at radius 2 is 2.00 bits per heavy atom. The third kappa shape index (κ3) is 1.98. The summed E-state index contributed by atoms with van der Waals surface area (Å²) in [4.78, 5) is 8.58. The quantitative estimate of drug-likeness (QED) is 0.749. The predicted octanol–water partition coefficient (Wildman–Crippen LogP) is 3.21. The maximum atomic E-state index is 14.0. The molecule has 19 heavy (non-hydrogen) atoms. The second kappa shape index (κ2) is 4.31. The number of anilines is 1. The summed E-state index contributed by atoms with van der Waals surface area (Å²) < 4.78 is 16.3. The Balaban J connectivity index is 2.38. The third-order valence-electron chi connectivity index (χ3n) is 2.82. The average Bonchev–Trinajstić information content (AvgIpc) is 2.68.